The molecular formula is C24H30ClN5O2. The van der Waals surface area contributed by atoms with Gasteiger partial charge in [-0.05, 0) is 49.8 Å². The van der Waals surface area contributed by atoms with Crippen LogP contribution in [0, 0.1) is 23.2 Å². The molecule has 5 rings (SSSR count). The minimum atomic E-state index is -0.265. The van der Waals surface area contributed by atoms with Crippen molar-refractivity contribution in [3.63, 3.8) is 0 Å². The summed E-state index contributed by atoms with van der Waals surface area (Å²) in [5, 5.41) is 26.5. The molecule has 1 saturated carbocycles. The van der Waals surface area contributed by atoms with Gasteiger partial charge < -0.3 is 14.9 Å². The highest BCUT2D eigenvalue weighted by Crippen LogP contribution is 2.39. The Hall–Kier alpha value is -2.30. The molecule has 3 heterocycles. The topological polar surface area (TPSA) is 83.2 Å². The molecule has 0 unspecified atom stereocenters. The molecule has 170 valence electrons. The number of amides is 1. The molecule has 0 aromatic heterocycles. The predicted molar refractivity (Wildman–Crippen MR) is 123 cm³/mol. The van der Waals surface area contributed by atoms with Crippen molar-refractivity contribution in [1.82, 2.24) is 9.80 Å². The zero-order valence-electron chi connectivity index (χ0n) is 18.3. The van der Waals surface area contributed by atoms with Gasteiger partial charge >= 0.3 is 0 Å². The van der Waals surface area contributed by atoms with Gasteiger partial charge in [0.05, 0.1) is 34.3 Å². The fourth-order valence-electron chi connectivity index (χ4n) is 5.59. The minimum absolute atomic E-state index is 0.0243. The fourth-order valence-corrected chi connectivity index (χ4v) is 5.81. The van der Waals surface area contributed by atoms with Gasteiger partial charge in [0, 0.05) is 32.6 Å². The number of aliphatic hydroxyl groups excluding tert-OH is 1. The van der Waals surface area contributed by atoms with Crippen molar-refractivity contribution in [2.24, 2.45) is 16.9 Å². The van der Waals surface area contributed by atoms with E-state index in [-0.39, 0.29) is 17.9 Å². The Bertz CT molecular complexity index is 940. The normalized spacial score (nSPS) is 25.1. The van der Waals surface area contributed by atoms with Crippen molar-refractivity contribution in [2.45, 2.75) is 57.1 Å². The van der Waals surface area contributed by atoms with Crippen molar-refractivity contribution in [3.8, 4) is 6.07 Å². The van der Waals surface area contributed by atoms with E-state index in [0.717, 1.165) is 31.0 Å². The van der Waals surface area contributed by atoms with E-state index in [4.69, 9.17) is 16.7 Å². The van der Waals surface area contributed by atoms with Crippen LogP contribution < -0.4 is 5.01 Å². The lowest BCUT2D eigenvalue weighted by atomic mass is 9.92. The highest BCUT2D eigenvalue weighted by Gasteiger charge is 2.43. The molecule has 2 saturated heterocycles. The SMILES string of the molecule is N#Cc1ccc(N2N=C(N3CC(C(=O)N4CCC(O)CC4)C3)C[C@H]2C2CCCC2)cc1Cl. The minimum Gasteiger partial charge on any atom is -0.393 e. The number of amidine groups is 1. The smallest absolute Gasteiger partial charge is 0.229 e. The number of anilines is 1. The van der Waals surface area contributed by atoms with E-state index in [1.807, 2.05) is 17.0 Å². The molecule has 0 radical (unpaired) electrons. The summed E-state index contributed by atoms with van der Waals surface area (Å²) in [6, 6.07) is 7.98. The van der Waals surface area contributed by atoms with Gasteiger partial charge in [0.1, 0.15) is 11.9 Å². The van der Waals surface area contributed by atoms with Gasteiger partial charge in [0.25, 0.3) is 0 Å². The molecule has 8 heteroatoms. The second-order valence-electron chi connectivity index (χ2n) is 9.61. The van der Waals surface area contributed by atoms with Crippen molar-refractivity contribution >= 4 is 29.0 Å². The van der Waals surface area contributed by atoms with Crippen LogP contribution in [-0.4, -0.2) is 65.0 Å². The number of likely N-dealkylation sites (tertiary alicyclic amines) is 2. The Labute approximate surface area is 194 Å². The molecule has 3 fully saturated rings. The summed E-state index contributed by atoms with van der Waals surface area (Å²) in [6.45, 7) is 2.76. The van der Waals surface area contributed by atoms with Crippen LogP contribution in [0.25, 0.3) is 0 Å². The lowest BCUT2D eigenvalue weighted by Crippen LogP contribution is -2.57. The average molecular weight is 456 g/mol. The fraction of sp³-hybridized carbons (Fsp3) is 0.625. The van der Waals surface area contributed by atoms with E-state index >= 15 is 0 Å². The molecule has 0 bridgehead atoms. The van der Waals surface area contributed by atoms with Gasteiger partial charge in [-0.15, -0.1) is 0 Å². The van der Waals surface area contributed by atoms with Gasteiger partial charge in [-0.2, -0.15) is 10.4 Å². The zero-order valence-corrected chi connectivity index (χ0v) is 19.0. The zero-order chi connectivity index (χ0) is 22.2. The molecule has 1 aromatic carbocycles. The molecule has 1 amide bonds. The number of carbonyl (C=O) groups is 1. The number of hydrazone groups is 1. The summed E-state index contributed by atoms with van der Waals surface area (Å²) >= 11 is 6.32. The van der Waals surface area contributed by atoms with E-state index in [1.54, 1.807) is 6.07 Å². The van der Waals surface area contributed by atoms with Gasteiger partial charge in [-0.25, -0.2) is 0 Å². The van der Waals surface area contributed by atoms with Crippen LogP contribution in [0.3, 0.4) is 0 Å². The molecule has 3 aliphatic heterocycles. The Kier molecular flexibility index (Phi) is 6.00. The second-order valence-corrected chi connectivity index (χ2v) is 10.0. The van der Waals surface area contributed by atoms with Crippen LogP contribution >= 0.6 is 11.6 Å². The number of hydrogen-bond acceptors (Lipinski definition) is 6. The molecule has 0 spiro atoms. The number of nitriles is 1. The number of benzene rings is 1. The van der Waals surface area contributed by atoms with E-state index < -0.39 is 0 Å². The summed E-state index contributed by atoms with van der Waals surface area (Å²) in [6.07, 6.45) is 6.96. The molecule has 7 nitrogen and oxygen atoms in total. The highest BCUT2D eigenvalue weighted by atomic mass is 35.5. The van der Waals surface area contributed by atoms with Crippen molar-refractivity contribution in [2.75, 3.05) is 31.2 Å². The standard InChI is InChI=1S/C24H30ClN5O2/c25-21-11-19(6-5-17(21)13-26)30-22(16-3-1-2-4-16)12-23(27-30)29-14-18(15-29)24(32)28-9-7-20(31)8-10-28/h5-6,11,16,18,20,22,31H,1-4,7-10,12,14-15H2/t22-/m0/s1. The van der Waals surface area contributed by atoms with Gasteiger partial charge in [0.2, 0.25) is 5.91 Å². The number of nitrogens with zero attached hydrogens (tertiary/aromatic N) is 5. The predicted octanol–water partition coefficient (Wildman–Crippen LogP) is 3.21. The largest absolute Gasteiger partial charge is 0.393 e. The summed E-state index contributed by atoms with van der Waals surface area (Å²) < 4.78 is 0. The van der Waals surface area contributed by atoms with Crippen LogP contribution in [0.1, 0.15) is 50.5 Å². The second kappa shape index (κ2) is 8.92. The lowest BCUT2D eigenvalue weighted by Gasteiger charge is -2.42. The van der Waals surface area contributed by atoms with Gasteiger partial charge in [0.15, 0.2) is 0 Å². The molecule has 1 N–H and O–H groups in total. The highest BCUT2D eigenvalue weighted by molar-refractivity contribution is 6.32. The van der Waals surface area contributed by atoms with Gasteiger partial charge in [-0.3, -0.25) is 9.80 Å². The molecule has 1 atom stereocenters. The number of piperidine rings is 1. The maximum Gasteiger partial charge on any atom is 0.229 e. The summed E-state index contributed by atoms with van der Waals surface area (Å²) in [5.41, 5.74) is 1.41. The average Bonchev–Trinajstić information content (AvgIpc) is 3.43. The van der Waals surface area contributed by atoms with E-state index in [9.17, 15) is 15.2 Å². The monoisotopic (exact) mass is 455 g/mol. The van der Waals surface area contributed by atoms with Crippen LogP contribution in [0.15, 0.2) is 23.3 Å². The van der Waals surface area contributed by atoms with Gasteiger partial charge in [-0.1, -0.05) is 24.4 Å². The lowest BCUT2D eigenvalue weighted by molar-refractivity contribution is -0.141. The molecule has 1 aliphatic carbocycles. The Balaban J connectivity index is 1.28. The maximum atomic E-state index is 12.8. The Morgan fingerprint density at radius 3 is 2.53 bits per heavy atom. The first-order chi connectivity index (χ1) is 15.5. The van der Waals surface area contributed by atoms with Crippen molar-refractivity contribution < 1.29 is 9.90 Å². The molecular weight excluding hydrogens is 426 g/mol. The summed E-state index contributed by atoms with van der Waals surface area (Å²) in [4.78, 5) is 17.0. The third kappa shape index (κ3) is 4.06. The Morgan fingerprint density at radius 2 is 1.88 bits per heavy atom. The van der Waals surface area contributed by atoms with E-state index in [1.165, 1.54) is 25.7 Å². The first-order valence-electron chi connectivity index (χ1n) is 11.8. The third-order valence-electron chi connectivity index (χ3n) is 7.58. The molecule has 4 aliphatic rings. The first kappa shape index (κ1) is 21.5. The third-order valence-corrected chi connectivity index (χ3v) is 7.90. The first-order valence-corrected chi connectivity index (χ1v) is 12.2. The number of hydrogen-bond donors (Lipinski definition) is 1. The number of halogens is 1. The van der Waals surface area contributed by atoms with Crippen LogP contribution in [0.4, 0.5) is 5.69 Å². The van der Waals surface area contributed by atoms with Crippen LogP contribution in [0.5, 0.6) is 0 Å². The molecule has 32 heavy (non-hydrogen) atoms. The molecule has 1 aromatic rings. The quantitative estimate of drug-likeness (QED) is 0.756. The Morgan fingerprint density at radius 1 is 1.16 bits per heavy atom. The number of rotatable bonds is 3. The van der Waals surface area contributed by atoms with Crippen LogP contribution in [0.2, 0.25) is 5.02 Å². The van der Waals surface area contributed by atoms with Crippen LogP contribution in [-0.2, 0) is 4.79 Å². The number of aliphatic hydroxyl groups is 1. The summed E-state index contributed by atoms with van der Waals surface area (Å²) in [7, 11) is 0. The number of carbonyl (C=O) groups excluding carboxylic acids is 1. The summed E-state index contributed by atoms with van der Waals surface area (Å²) in [5.74, 6) is 1.90. The van der Waals surface area contributed by atoms with Crippen molar-refractivity contribution in [1.29, 1.82) is 5.26 Å². The van der Waals surface area contributed by atoms with E-state index in [2.05, 4.69) is 16.0 Å². The maximum absolute atomic E-state index is 12.8. The van der Waals surface area contributed by atoms with Crippen molar-refractivity contribution in [3.05, 3.63) is 28.8 Å². The van der Waals surface area contributed by atoms with E-state index in [0.29, 0.717) is 48.5 Å².